The number of Topliss-reactive ketones (excluding diaryl/α,β-unsaturated/α-hetero) is 1. The van der Waals surface area contributed by atoms with Crippen molar-refractivity contribution in [3.8, 4) is 0 Å². The minimum absolute atomic E-state index is 0.234. The summed E-state index contributed by atoms with van der Waals surface area (Å²) in [6.45, 7) is 2.28. The van der Waals surface area contributed by atoms with E-state index in [0.717, 1.165) is 25.2 Å². The van der Waals surface area contributed by atoms with Crippen LogP contribution in [0.25, 0.3) is 0 Å². The fourth-order valence-corrected chi connectivity index (χ4v) is 4.91. The molecule has 1 atom stereocenters. The predicted molar refractivity (Wildman–Crippen MR) is 80.7 cm³/mol. The Labute approximate surface area is 120 Å². The van der Waals surface area contributed by atoms with E-state index in [2.05, 4.69) is 18.4 Å². The van der Waals surface area contributed by atoms with Crippen LogP contribution in [0.3, 0.4) is 0 Å². The Bertz CT molecular complexity index is 440. The first kappa shape index (κ1) is 13.4. The van der Waals surface area contributed by atoms with Gasteiger partial charge in [0.2, 0.25) is 0 Å². The molecule has 0 radical (unpaired) electrons. The fraction of sp³-hybridized carbons (Fsp3) is 0.706. The quantitative estimate of drug-likeness (QED) is 0.763. The minimum Gasteiger partial charge on any atom is -0.299 e. The molecule has 1 heterocycles. The van der Waals surface area contributed by atoms with Gasteiger partial charge in [0.1, 0.15) is 5.78 Å². The number of fused-ring (bicyclic) bond motifs is 1. The number of hydrogen-bond acceptors (Lipinski definition) is 2. The zero-order valence-corrected chi connectivity index (χ0v) is 12.7. The number of rotatable bonds is 3. The zero-order chi connectivity index (χ0) is 13.2. The molecule has 1 saturated carbocycles. The number of ketones is 1. The Kier molecular flexibility index (Phi) is 4.07. The highest BCUT2D eigenvalue weighted by Crippen LogP contribution is 2.40. The first-order valence-electron chi connectivity index (χ1n) is 7.89. The van der Waals surface area contributed by atoms with Gasteiger partial charge in [-0.1, -0.05) is 13.3 Å². The molecule has 0 amide bonds. The van der Waals surface area contributed by atoms with Crippen LogP contribution in [-0.2, 0) is 11.2 Å². The molecule has 1 nitrogen and oxygen atoms in total. The first-order valence-corrected chi connectivity index (χ1v) is 8.77. The second-order valence-corrected chi connectivity index (χ2v) is 7.27. The SMILES string of the molecule is CCC1CCC(C(=O)C2CCCc3sccc32)CC1. The molecule has 0 spiro atoms. The van der Waals surface area contributed by atoms with Crippen LogP contribution < -0.4 is 0 Å². The monoisotopic (exact) mass is 276 g/mol. The zero-order valence-electron chi connectivity index (χ0n) is 11.9. The smallest absolute Gasteiger partial charge is 0.143 e. The molecule has 0 bridgehead atoms. The second-order valence-electron chi connectivity index (χ2n) is 6.27. The van der Waals surface area contributed by atoms with Gasteiger partial charge >= 0.3 is 0 Å². The molecule has 0 N–H and O–H groups in total. The van der Waals surface area contributed by atoms with Gasteiger partial charge in [-0.3, -0.25) is 4.79 Å². The first-order chi connectivity index (χ1) is 9.29. The summed E-state index contributed by atoms with van der Waals surface area (Å²) < 4.78 is 0. The molecule has 0 aromatic carbocycles. The highest BCUT2D eigenvalue weighted by atomic mass is 32.1. The van der Waals surface area contributed by atoms with Crippen LogP contribution in [0.5, 0.6) is 0 Å². The van der Waals surface area contributed by atoms with Crippen molar-refractivity contribution >= 4 is 17.1 Å². The van der Waals surface area contributed by atoms with E-state index in [1.165, 1.54) is 42.5 Å². The van der Waals surface area contributed by atoms with Gasteiger partial charge in [-0.2, -0.15) is 0 Å². The fourth-order valence-electron chi connectivity index (χ4n) is 3.92. The Hall–Kier alpha value is -0.630. The molecule has 0 aliphatic heterocycles. The summed E-state index contributed by atoms with van der Waals surface area (Å²) >= 11 is 1.84. The summed E-state index contributed by atoms with van der Waals surface area (Å²) in [5, 5.41) is 2.17. The van der Waals surface area contributed by atoms with E-state index in [9.17, 15) is 4.79 Å². The molecule has 1 aromatic heterocycles. The van der Waals surface area contributed by atoms with Crippen LogP contribution in [-0.4, -0.2) is 5.78 Å². The summed E-state index contributed by atoms with van der Waals surface area (Å²) in [7, 11) is 0. The molecule has 104 valence electrons. The molecule has 2 aliphatic rings. The molecule has 1 aromatic rings. The number of aryl methyl sites for hydroxylation is 1. The summed E-state index contributed by atoms with van der Waals surface area (Å²) in [4.78, 5) is 14.3. The lowest BCUT2D eigenvalue weighted by atomic mass is 9.73. The van der Waals surface area contributed by atoms with Crippen molar-refractivity contribution in [1.82, 2.24) is 0 Å². The minimum atomic E-state index is 0.234. The number of carbonyl (C=O) groups excluding carboxylic acids is 1. The van der Waals surface area contributed by atoms with Crippen LogP contribution in [0.4, 0.5) is 0 Å². The van der Waals surface area contributed by atoms with Gasteiger partial charge in [0.15, 0.2) is 0 Å². The van der Waals surface area contributed by atoms with Crippen molar-refractivity contribution in [2.45, 2.75) is 64.2 Å². The highest BCUT2D eigenvalue weighted by molar-refractivity contribution is 7.10. The van der Waals surface area contributed by atoms with E-state index in [-0.39, 0.29) is 5.92 Å². The van der Waals surface area contributed by atoms with Gasteiger partial charge in [-0.05, 0) is 67.9 Å². The van der Waals surface area contributed by atoms with Gasteiger partial charge in [0, 0.05) is 16.7 Å². The standard InChI is InChI=1S/C17H24OS/c1-2-12-6-8-13(9-7-12)17(18)15-4-3-5-16-14(15)10-11-19-16/h10-13,15H,2-9H2,1H3. The number of carbonyl (C=O) groups is 1. The van der Waals surface area contributed by atoms with Gasteiger partial charge in [-0.15, -0.1) is 11.3 Å². The third-order valence-electron chi connectivity index (χ3n) is 5.22. The van der Waals surface area contributed by atoms with Crippen molar-refractivity contribution in [3.63, 3.8) is 0 Å². The average molecular weight is 276 g/mol. The predicted octanol–water partition coefficient (Wildman–Crippen LogP) is 4.95. The van der Waals surface area contributed by atoms with E-state index in [4.69, 9.17) is 0 Å². The molecule has 2 heteroatoms. The Morgan fingerprint density at radius 1 is 1.26 bits per heavy atom. The van der Waals surface area contributed by atoms with E-state index in [1.54, 1.807) is 0 Å². The Balaban J connectivity index is 1.69. The molecule has 2 aliphatic carbocycles. The third-order valence-corrected chi connectivity index (χ3v) is 6.22. The summed E-state index contributed by atoms with van der Waals surface area (Å²) in [5.74, 6) is 2.04. The molecule has 1 unspecified atom stereocenters. The van der Waals surface area contributed by atoms with E-state index in [0.29, 0.717) is 11.7 Å². The van der Waals surface area contributed by atoms with Crippen molar-refractivity contribution in [2.75, 3.05) is 0 Å². The highest BCUT2D eigenvalue weighted by Gasteiger charge is 2.33. The topological polar surface area (TPSA) is 17.1 Å². The maximum Gasteiger partial charge on any atom is 0.143 e. The molecule has 1 fully saturated rings. The maximum atomic E-state index is 12.8. The summed E-state index contributed by atoms with van der Waals surface area (Å²) in [6.07, 6.45) is 9.62. The third kappa shape index (κ3) is 2.65. The second kappa shape index (κ2) is 5.78. The molecular weight excluding hydrogens is 252 g/mol. The van der Waals surface area contributed by atoms with E-state index in [1.807, 2.05) is 11.3 Å². The lowest BCUT2D eigenvalue weighted by Crippen LogP contribution is -2.28. The van der Waals surface area contributed by atoms with Crippen LogP contribution >= 0.6 is 11.3 Å². The number of thiophene rings is 1. The van der Waals surface area contributed by atoms with Gasteiger partial charge in [0.25, 0.3) is 0 Å². The lowest BCUT2D eigenvalue weighted by Gasteiger charge is -2.31. The molecule has 3 rings (SSSR count). The van der Waals surface area contributed by atoms with Gasteiger partial charge in [-0.25, -0.2) is 0 Å². The van der Waals surface area contributed by atoms with Gasteiger partial charge in [0.05, 0.1) is 0 Å². The molecule has 0 saturated heterocycles. The maximum absolute atomic E-state index is 12.8. The van der Waals surface area contributed by atoms with Crippen molar-refractivity contribution in [2.24, 2.45) is 11.8 Å². The lowest BCUT2D eigenvalue weighted by molar-refractivity contribution is -0.125. The van der Waals surface area contributed by atoms with Crippen LogP contribution in [0.2, 0.25) is 0 Å². The number of hydrogen-bond donors (Lipinski definition) is 0. The van der Waals surface area contributed by atoms with Crippen LogP contribution in [0, 0.1) is 11.8 Å². The Morgan fingerprint density at radius 3 is 2.79 bits per heavy atom. The normalized spacial score (nSPS) is 30.9. The Morgan fingerprint density at radius 2 is 2.05 bits per heavy atom. The summed E-state index contributed by atoms with van der Waals surface area (Å²) in [6, 6.07) is 2.21. The molecular formula is C17H24OS. The van der Waals surface area contributed by atoms with Crippen molar-refractivity contribution in [3.05, 3.63) is 21.9 Å². The summed E-state index contributed by atoms with van der Waals surface area (Å²) in [5.41, 5.74) is 1.37. The van der Waals surface area contributed by atoms with Crippen molar-refractivity contribution in [1.29, 1.82) is 0 Å². The average Bonchev–Trinajstić information content (AvgIpc) is 2.95. The van der Waals surface area contributed by atoms with Crippen molar-refractivity contribution < 1.29 is 4.79 Å². The van der Waals surface area contributed by atoms with Gasteiger partial charge < -0.3 is 0 Å². The van der Waals surface area contributed by atoms with Crippen LogP contribution in [0.1, 0.15) is 68.2 Å². The van der Waals surface area contributed by atoms with Crippen LogP contribution in [0.15, 0.2) is 11.4 Å². The van der Waals surface area contributed by atoms with E-state index < -0.39 is 0 Å². The largest absolute Gasteiger partial charge is 0.299 e. The molecule has 19 heavy (non-hydrogen) atoms. The van der Waals surface area contributed by atoms with E-state index >= 15 is 0 Å².